The van der Waals surface area contributed by atoms with Crippen molar-refractivity contribution in [2.24, 2.45) is 0 Å². The molecular weight excluding hydrogens is 354 g/mol. The fourth-order valence-corrected chi connectivity index (χ4v) is 3.98. The number of carbonyl (C=O) groups is 1. The highest BCUT2D eigenvalue weighted by Crippen LogP contribution is 2.45. The van der Waals surface area contributed by atoms with E-state index < -0.39 is 12.1 Å². The summed E-state index contributed by atoms with van der Waals surface area (Å²) < 4.78 is 5.51. The lowest BCUT2D eigenvalue weighted by Crippen LogP contribution is -2.66. The first-order chi connectivity index (χ1) is 13.5. The number of carbonyl (C=O) groups excluding carboxylic acids is 1. The van der Waals surface area contributed by atoms with E-state index in [0.717, 1.165) is 22.4 Å². The lowest BCUT2D eigenvalue weighted by atomic mass is 9.73. The molecule has 1 heterocycles. The van der Waals surface area contributed by atoms with Crippen molar-refractivity contribution < 1.29 is 14.6 Å². The number of ether oxygens (including phenoxy) is 1. The number of nitriles is 1. The molecule has 1 N–H and O–H groups in total. The summed E-state index contributed by atoms with van der Waals surface area (Å²) in [6.07, 6.45) is 0. The van der Waals surface area contributed by atoms with Crippen LogP contribution in [-0.4, -0.2) is 67.3 Å². The third kappa shape index (κ3) is 3.47. The predicted molar refractivity (Wildman–Crippen MR) is 107 cm³/mol. The summed E-state index contributed by atoms with van der Waals surface area (Å²) in [5.74, 6) is 0.327. The highest BCUT2D eigenvalue weighted by atomic mass is 16.5. The molecule has 3 atom stereocenters. The van der Waals surface area contributed by atoms with E-state index >= 15 is 0 Å². The van der Waals surface area contributed by atoms with Crippen LogP contribution >= 0.6 is 0 Å². The maximum atomic E-state index is 12.6. The van der Waals surface area contributed by atoms with Crippen molar-refractivity contribution in [1.29, 1.82) is 5.26 Å². The van der Waals surface area contributed by atoms with E-state index in [9.17, 15) is 15.2 Å². The molecule has 1 saturated heterocycles. The van der Waals surface area contributed by atoms with Crippen molar-refractivity contribution in [1.82, 2.24) is 9.80 Å². The molecule has 0 bridgehead atoms. The third-order valence-electron chi connectivity index (χ3n) is 5.19. The third-order valence-corrected chi connectivity index (χ3v) is 5.19. The van der Waals surface area contributed by atoms with Gasteiger partial charge in [0.1, 0.15) is 11.8 Å². The molecule has 0 aromatic heterocycles. The number of nitrogens with zero attached hydrogens (tertiary/aromatic N) is 3. The summed E-state index contributed by atoms with van der Waals surface area (Å²) in [4.78, 5) is 15.9. The molecular formula is C22H25N3O3. The first-order valence-corrected chi connectivity index (χ1v) is 9.22. The Hall–Kier alpha value is -2.88. The maximum absolute atomic E-state index is 12.6. The van der Waals surface area contributed by atoms with E-state index in [1.807, 2.05) is 62.6 Å². The first-order valence-electron chi connectivity index (χ1n) is 9.22. The number of likely N-dealkylation sites (tertiary alicyclic amines) is 1. The molecule has 2 aromatic rings. The van der Waals surface area contributed by atoms with Crippen LogP contribution in [0.4, 0.5) is 0 Å². The van der Waals surface area contributed by atoms with E-state index in [0.29, 0.717) is 0 Å². The monoisotopic (exact) mass is 379 g/mol. The summed E-state index contributed by atoms with van der Waals surface area (Å²) >= 11 is 0. The zero-order valence-electron chi connectivity index (χ0n) is 16.4. The number of hydrogen-bond donors (Lipinski definition) is 1. The zero-order valence-corrected chi connectivity index (χ0v) is 16.4. The van der Waals surface area contributed by atoms with Gasteiger partial charge in [0, 0.05) is 11.5 Å². The van der Waals surface area contributed by atoms with Gasteiger partial charge in [0.05, 0.1) is 32.4 Å². The number of methoxy groups -OCH3 is 1. The van der Waals surface area contributed by atoms with Gasteiger partial charge in [-0.25, -0.2) is 0 Å². The minimum atomic E-state index is -0.611. The van der Waals surface area contributed by atoms with Gasteiger partial charge in [-0.1, -0.05) is 42.5 Å². The fraction of sp³-hybridized carbons (Fsp3) is 0.364. The normalized spacial score (nSPS) is 21.1. The van der Waals surface area contributed by atoms with Gasteiger partial charge in [0.25, 0.3) is 0 Å². The van der Waals surface area contributed by atoms with E-state index in [2.05, 4.69) is 6.07 Å². The van der Waals surface area contributed by atoms with Gasteiger partial charge in [-0.05, 0) is 31.3 Å². The summed E-state index contributed by atoms with van der Waals surface area (Å²) in [5.41, 5.74) is 2.81. The van der Waals surface area contributed by atoms with Crippen LogP contribution in [0.15, 0.2) is 48.5 Å². The molecule has 146 valence electrons. The van der Waals surface area contributed by atoms with Crippen molar-refractivity contribution in [2.75, 3.05) is 34.4 Å². The quantitative estimate of drug-likeness (QED) is 0.832. The van der Waals surface area contributed by atoms with Crippen LogP contribution in [0.2, 0.25) is 0 Å². The predicted octanol–water partition coefficient (Wildman–Crippen LogP) is 2.10. The average molecular weight is 379 g/mol. The fourth-order valence-electron chi connectivity index (χ4n) is 3.98. The molecule has 6 heteroatoms. The van der Waals surface area contributed by atoms with Gasteiger partial charge in [-0.2, -0.15) is 5.26 Å². The molecule has 0 radical (unpaired) electrons. The molecule has 1 aliphatic rings. The van der Waals surface area contributed by atoms with Crippen LogP contribution in [0.3, 0.4) is 0 Å². The number of aliphatic hydroxyl groups is 1. The highest BCUT2D eigenvalue weighted by Gasteiger charge is 2.52. The minimum absolute atomic E-state index is 0.151. The van der Waals surface area contributed by atoms with Crippen LogP contribution in [0.5, 0.6) is 5.75 Å². The Kier molecular flexibility index (Phi) is 5.98. The van der Waals surface area contributed by atoms with E-state index in [1.54, 1.807) is 12.0 Å². The Labute approximate surface area is 165 Å². The molecule has 6 nitrogen and oxygen atoms in total. The maximum Gasteiger partial charge on any atom is 0.238 e. The van der Waals surface area contributed by atoms with Crippen LogP contribution in [-0.2, 0) is 4.79 Å². The number of para-hydroxylation sites is 1. The molecule has 1 amide bonds. The summed E-state index contributed by atoms with van der Waals surface area (Å²) in [5, 5.41) is 19.8. The number of rotatable bonds is 6. The standard InChI is InChI=1S/C22H25N3O3/c1-24(2)13-21(27)25-18(12-23)22(19(25)14-26)17-10-5-4-8-15(17)16-9-6-7-11-20(16)28-3/h4-11,18-19,22,26H,13-14H2,1-3H3/t18-,19-,22-/m1/s1. The van der Waals surface area contributed by atoms with Crippen LogP contribution in [0.1, 0.15) is 11.5 Å². The van der Waals surface area contributed by atoms with Crippen molar-refractivity contribution in [3.63, 3.8) is 0 Å². The van der Waals surface area contributed by atoms with Crippen LogP contribution in [0, 0.1) is 11.3 Å². The van der Waals surface area contributed by atoms with Gasteiger partial charge in [-0.15, -0.1) is 0 Å². The molecule has 1 aliphatic heterocycles. The van der Waals surface area contributed by atoms with E-state index in [4.69, 9.17) is 4.74 Å². The Morgan fingerprint density at radius 2 is 1.82 bits per heavy atom. The highest BCUT2D eigenvalue weighted by molar-refractivity contribution is 5.82. The van der Waals surface area contributed by atoms with Gasteiger partial charge >= 0.3 is 0 Å². The second-order valence-corrected chi connectivity index (χ2v) is 7.18. The molecule has 1 fully saturated rings. The topological polar surface area (TPSA) is 76.8 Å². The number of aliphatic hydroxyl groups excluding tert-OH is 1. The molecule has 0 unspecified atom stereocenters. The largest absolute Gasteiger partial charge is 0.496 e. The molecule has 3 rings (SSSR count). The van der Waals surface area contributed by atoms with Crippen molar-refractivity contribution in [3.05, 3.63) is 54.1 Å². The second kappa shape index (κ2) is 8.42. The summed E-state index contributed by atoms with van der Waals surface area (Å²) in [7, 11) is 5.24. The van der Waals surface area contributed by atoms with Gasteiger partial charge in [-0.3, -0.25) is 4.79 Å². The Bertz CT molecular complexity index is 891. The lowest BCUT2D eigenvalue weighted by Gasteiger charge is -2.52. The lowest BCUT2D eigenvalue weighted by molar-refractivity contribution is -0.147. The number of amides is 1. The molecule has 0 aliphatic carbocycles. The van der Waals surface area contributed by atoms with E-state index in [1.165, 1.54) is 4.90 Å². The Balaban J connectivity index is 2.02. The van der Waals surface area contributed by atoms with Crippen molar-refractivity contribution in [3.8, 4) is 22.9 Å². The van der Waals surface area contributed by atoms with Gasteiger partial charge < -0.3 is 19.6 Å². The zero-order chi connectivity index (χ0) is 20.3. The summed E-state index contributed by atoms with van der Waals surface area (Å²) in [6.45, 7) is 0.0117. The summed E-state index contributed by atoms with van der Waals surface area (Å²) in [6, 6.07) is 16.8. The Morgan fingerprint density at radius 1 is 1.18 bits per heavy atom. The number of hydrogen-bond acceptors (Lipinski definition) is 5. The SMILES string of the molecule is COc1ccccc1-c1ccccc1[C@@H]1[C@@H](C#N)N(C(=O)CN(C)C)[C@@H]1CO. The van der Waals surface area contributed by atoms with Crippen molar-refractivity contribution >= 4 is 5.91 Å². The van der Waals surface area contributed by atoms with Gasteiger partial charge in [0.15, 0.2) is 0 Å². The molecule has 0 saturated carbocycles. The molecule has 0 spiro atoms. The average Bonchev–Trinajstić information content (AvgIpc) is 2.67. The number of likely N-dealkylation sites (N-methyl/N-ethyl adjacent to an activating group) is 1. The Morgan fingerprint density at radius 3 is 2.43 bits per heavy atom. The van der Waals surface area contributed by atoms with Gasteiger partial charge in [0.2, 0.25) is 5.91 Å². The minimum Gasteiger partial charge on any atom is -0.496 e. The van der Waals surface area contributed by atoms with Crippen LogP contribution in [0.25, 0.3) is 11.1 Å². The first kappa shape index (κ1) is 19.9. The second-order valence-electron chi connectivity index (χ2n) is 7.18. The van der Waals surface area contributed by atoms with Crippen molar-refractivity contribution in [2.45, 2.75) is 18.0 Å². The van der Waals surface area contributed by atoms with Crippen LogP contribution < -0.4 is 4.74 Å². The molecule has 2 aromatic carbocycles. The molecule has 28 heavy (non-hydrogen) atoms. The smallest absolute Gasteiger partial charge is 0.238 e. The van der Waals surface area contributed by atoms with E-state index in [-0.39, 0.29) is 25.0 Å². The number of benzene rings is 2.